The van der Waals surface area contributed by atoms with Gasteiger partial charge in [0.25, 0.3) is 5.91 Å². The molecule has 372 valence electrons. The Hall–Kier alpha value is -7.82. The number of likely N-dealkylation sites (tertiary alicyclic amines) is 1. The lowest BCUT2D eigenvalue weighted by atomic mass is 10.0. The zero-order valence-corrected chi connectivity index (χ0v) is 40.3. The molecule has 2 N–H and O–H groups in total. The van der Waals surface area contributed by atoms with Gasteiger partial charge in [0.1, 0.15) is 11.6 Å². The molecule has 4 amide bonds. The van der Waals surface area contributed by atoms with Crippen LogP contribution in [0, 0.1) is 0 Å². The largest absolute Gasteiger partial charge is 0.451 e. The molecule has 0 aliphatic carbocycles. The van der Waals surface area contributed by atoms with Crippen molar-refractivity contribution in [2.75, 3.05) is 113 Å². The Balaban J connectivity index is 0.821. The van der Waals surface area contributed by atoms with Gasteiger partial charge in [-0.1, -0.05) is 0 Å². The lowest BCUT2D eigenvalue weighted by molar-refractivity contribution is 0.0691. The predicted octanol–water partition coefficient (Wildman–Crippen LogP) is 5.42. The minimum Gasteiger partial charge on any atom is -0.451 e. The fraction of sp³-hybridized carbons (Fsp3) is 0.400. The van der Waals surface area contributed by atoms with Crippen LogP contribution in [0.3, 0.4) is 0 Å². The molecule has 0 radical (unpaired) electrons. The van der Waals surface area contributed by atoms with Gasteiger partial charge in [-0.2, -0.15) is 15.2 Å². The summed E-state index contributed by atoms with van der Waals surface area (Å²) in [5, 5.41) is 20.1. The van der Waals surface area contributed by atoms with E-state index in [1.807, 2.05) is 50.9 Å². The number of nitrogens with one attached hydrogen (secondary N) is 2. The van der Waals surface area contributed by atoms with Gasteiger partial charge in [-0.05, 0) is 99.4 Å². The highest BCUT2D eigenvalue weighted by Crippen LogP contribution is 2.35. The van der Waals surface area contributed by atoms with E-state index >= 15 is 0 Å². The van der Waals surface area contributed by atoms with Crippen LogP contribution in [0.4, 0.5) is 32.6 Å². The first-order valence-corrected chi connectivity index (χ1v) is 24.5. The number of hydrogen-bond donors (Lipinski definition) is 2. The molecule has 7 aromatic rings. The van der Waals surface area contributed by atoms with Crippen LogP contribution in [0.1, 0.15) is 48.1 Å². The maximum atomic E-state index is 13.9. The Bertz CT molecular complexity index is 3050. The van der Waals surface area contributed by atoms with Crippen molar-refractivity contribution in [3.8, 4) is 22.8 Å². The van der Waals surface area contributed by atoms with Crippen molar-refractivity contribution in [2.45, 2.75) is 37.8 Å². The van der Waals surface area contributed by atoms with Gasteiger partial charge in [-0.3, -0.25) is 9.78 Å². The third-order valence-electron chi connectivity index (χ3n) is 13.9. The number of carbonyl (C=O) groups is 3. The second kappa shape index (κ2) is 20.5. The average Bonchev–Trinajstić information content (AvgIpc) is 4.09. The number of urea groups is 1. The molecule has 4 saturated heterocycles. The van der Waals surface area contributed by atoms with E-state index in [1.54, 1.807) is 48.8 Å². The van der Waals surface area contributed by atoms with E-state index in [9.17, 15) is 14.4 Å². The van der Waals surface area contributed by atoms with Crippen LogP contribution in [0.2, 0.25) is 0 Å². The summed E-state index contributed by atoms with van der Waals surface area (Å²) in [6, 6.07) is 17.6. The molecule has 5 aromatic heterocycles. The van der Waals surface area contributed by atoms with Gasteiger partial charge in [0.2, 0.25) is 0 Å². The van der Waals surface area contributed by atoms with E-state index in [2.05, 4.69) is 25.4 Å². The van der Waals surface area contributed by atoms with Crippen LogP contribution < -0.4 is 25.4 Å². The Labute approximate surface area is 414 Å². The van der Waals surface area contributed by atoms with Crippen molar-refractivity contribution < 1.29 is 28.6 Å². The number of benzene rings is 2. The van der Waals surface area contributed by atoms with E-state index in [1.165, 1.54) is 14.2 Å². The summed E-state index contributed by atoms with van der Waals surface area (Å²) in [7, 11) is 2.75. The molecule has 4 fully saturated rings. The number of nitrogens with zero attached hydrogens (tertiary/aromatic N) is 14. The quantitative estimate of drug-likeness (QED) is 0.173. The molecule has 2 aromatic carbocycles. The number of carbonyl (C=O) groups excluding carboxylic acids is 3. The van der Waals surface area contributed by atoms with Crippen LogP contribution in [-0.2, 0) is 14.2 Å². The minimum absolute atomic E-state index is 0.00885. The molecule has 0 bridgehead atoms. The zero-order chi connectivity index (χ0) is 49.1. The Morgan fingerprint density at radius 3 is 1.75 bits per heavy atom. The molecule has 4 aliphatic rings. The predicted molar refractivity (Wildman–Crippen MR) is 269 cm³/mol. The molecule has 9 heterocycles. The van der Waals surface area contributed by atoms with E-state index in [-0.39, 0.29) is 18.0 Å². The first kappa shape index (κ1) is 46.6. The number of morpholine rings is 2. The molecule has 11 rings (SSSR count). The smallest absolute Gasteiger partial charge is 0.433 e. The number of hydrogen-bond acceptors (Lipinski definition) is 16. The SMILES string of the molecule is COC(=O)N(c1ccc(-c2nc(N3CCOCC3)c3cnn(C4CCN(C(=O)c5cccnc5)CC4)c3n2)cc1)N(C)C(=O)Nc1ccc(-c2nc(N3CCOCC3)c3cnn(C4CCNCC4)c3n2)cc1. The number of piperidine rings is 2. The van der Waals surface area contributed by atoms with Crippen molar-refractivity contribution in [1.29, 1.82) is 0 Å². The Morgan fingerprint density at radius 1 is 0.681 bits per heavy atom. The summed E-state index contributed by atoms with van der Waals surface area (Å²) in [5.41, 5.74) is 4.38. The van der Waals surface area contributed by atoms with E-state index < -0.39 is 12.1 Å². The molecule has 0 atom stereocenters. The van der Waals surface area contributed by atoms with Crippen LogP contribution in [0.15, 0.2) is 85.5 Å². The van der Waals surface area contributed by atoms with Gasteiger partial charge in [-0.25, -0.2) is 43.9 Å². The number of hydrazine groups is 1. The topological polar surface area (TPSA) is 219 Å². The van der Waals surface area contributed by atoms with Gasteiger partial charge >= 0.3 is 12.1 Å². The van der Waals surface area contributed by atoms with Gasteiger partial charge < -0.3 is 39.5 Å². The van der Waals surface area contributed by atoms with Crippen molar-refractivity contribution in [2.24, 2.45) is 0 Å². The van der Waals surface area contributed by atoms with Crippen molar-refractivity contribution in [1.82, 2.24) is 59.7 Å². The zero-order valence-electron chi connectivity index (χ0n) is 40.3. The Morgan fingerprint density at radius 2 is 1.22 bits per heavy atom. The number of pyridine rings is 1. The molecule has 22 heteroatoms. The molecule has 0 spiro atoms. The standard InChI is InChI=1S/C50H56N16O6/c1-60(49(68)55-36-9-5-33(6-10-36)42-56-44(61-22-26-71-27-23-61)40-31-53-64(46(40)58-42)37-13-18-51-19-14-37)66(50(69)70-2)39-11-7-34(8-12-39)43-57-45(62-24-28-72-29-25-62)41-32-54-65(47(41)59-43)38-15-20-63(21-16-38)48(67)35-4-3-17-52-30-35/h3-12,17,30-32,37-38,51H,13-16,18-29H2,1-2H3,(H,55,68). The number of rotatable bonds is 9. The van der Waals surface area contributed by atoms with Gasteiger partial charge in [0.15, 0.2) is 22.9 Å². The third-order valence-corrected chi connectivity index (χ3v) is 13.9. The highest BCUT2D eigenvalue weighted by molar-refractivity contribution is 5.97. The number of methoxy groups -OCH3 is 1. The number of aromatic nitrogens is 9. The second-order valence-electron chi connectivity index (χ2n) is 18.2. The van der Waals surface area contributed by atoms with Crippen molar-refractivity contribution >= 4 is 63.1 Å². The Kier molecular flexibility index (Phi) is 13.3. The van der Waals surface area contributed by atoms with Crippen molar-refractivity contribution in [3.63, 3.8) is 0 Å². The highest BCUT2D eigenvalue weighted by Gasteiger charge is 2.31. The maximum Gasteiger partial charge on any atom is 0.433 e. The normalized spacial score (nSPS) is 17.1. The van der Waals surface area contributed by atoms with Crippen LogP contribution in [0.25, 0.3) is 44.8 Å². The van der Waals surface area contributed by atoms with Gasteiger partial charge in [0, 0.05) is 75.5 Å². The molecule has 0 unspecified atom stereocenters. The van der Waals surface area contributed by atoms with E-state index in [4.69, 9.17) is 44.3 Å². The summed E-state index contributed by atoms with van der Waals surface area (Å²) in [6.07, 6.45) is 9.52. The summed E-state index contributed by atoms with van der Waals surface area (Å²) in [4.78, 5) is 71.3. The number of ether oxygens (including phenoxy) is 3. The third kappa shape index (κ3) is 9.30. The molecular formula is C50H56N16O6. The van der Waals surface area contributed by atoms with E-state index in [0.29, 0.717) is 118 Å². The fourth-order valence-corrected chi connectivity index (χ4v) is 9.92. The fourth-order valence-electron chi connectivity index (χ4n) is 9.92. The summed E-state index contributed by atoms with van der Waals surface area (Å²) < 4.78 is 20.5. The summed E-state index contributed by atoms with van der Waals surface area (Å²) >= 11 is 0. The van der Waals surface area contributed by atoms with Gasteiger partial charge in [-0.15, -0.1) is 0 Å². The van der Waals surface area contributed by atoms with Crippen LogP contribution in [-0.4, -0.2) is 165 Å². The van der Waals surface area contributed by atoms with E-state index in [0.717, 1.165) is 69.6 Å². The number of fused-ring (bicyclic) bond motifs is 2. The van der Waals surface area contributed by atoms with Crippen LogP contribution in [0.5, 0.6) is 0 Å². The number of amides is 4. The maximum absolute atomic E-state index is 13.9. The molecule has 22 nitrogen and oxygen atoms in total. The summed E-state index contributed by atoms with van der Waals surface area (Å²) in [5.74, 6) is 2.57. The van der Waals surface area contributed by atoms with Crippen molar-refractivity contribution in [3.05, 3.63) is 91.0 Å². The van der Waals surface area contributed by atoms with Crippen LogP contribution >= 0.6 is 0 Å². The first-order chi connectivity index (χ1) is 35.3. The first-order valence-electron chi connectivity index (χ1n) is 24.5. The monoisotopic (exact) mass is 976 g/mol. The minimum atomic E-state index is -0.771. The highest BCUT2D eigenvalue weighted by atomic mass is 16.5. The number of anilines is 4. The molecular weight excluding hydrogens is 921 g/mol. The second-order valence-corrected chi connectivity index (χ2v) is 18.2. The van der Waals surface area contributed by atoms with Gasteiger partial charge in [0.05, 0.1) is 80.0 Å². The molecule has 0 saturated carbocycles. The summed E-state index contributed by atoms with van der Waals surface area (Å²) in [6.45, 7) is 8.09. The average molecular weight is 977 g/mol. The lowest BCUT2D eigenvalue weighted by Gasteiger charge is -2.32. The molecule has 72 heavy (non-hydrogen) atoms. The molecule has 4 aliphatic heterocycles. The lowest BCUT2D eigenvalue weighted by Crippen LogP contribution is -2.49.